The molecule has 0 bridgehead atoms. The van der Waals surface area contributed by atoms with Gasteiger partial charge in [0.05, 0.1) is 17.8 Å². The fourth-order valence-electron chi connectivity index (χ4n) is 1.93. The molecule has 0 aliphatic carbocycles. The first kappa shape index (κ1) is 12.4. The largest absolute Gasteiger partial charge is 0.375 e. The minimum atomic E-state index is 0.0734. The Balaban J connectivity index is 1.91. The van der Waals surface area contributed by atoms with Crippen LogP contribution in [0.25, 0.3) is 0 Å². The van der Waals surface area contributed by atoms with Crippen molar-refractivity contribution < 1.29 is 4.79 Å². The molecule has 1 fully saturated rings. The van der Waals surface area contributed by atoms with E-state index in [1.54, 1.807) is 6.07 Å². The zero-order chi connectivity index (χ0) is 12.8. The summed E-state index contributed by atoms with van der Waals surface area (Å²) >= 11 is 0. The zero-order valence-electron chi connectivity index (χ0n) is 10.1. The molecule has 1 heterocycles. The van der Waals surface area contributed by atoms with Crippen molar-refractivity contribution in [2.45, 2.75) is 0 Å². The van der Waals surface area contributed by atoms with Gasteiger partial charge < -0.3 is 15.5 Å². The lowest BCUT2D eigenvalue weighted by Gasteiger charge is -2.27. The first-order chi connectivity index (χ1) is 8.81. The van der Waals surface area contributed by atoms with Gasteiger partial charge in [0, 0.05) is 26.2 Å². The minimum Gasteiger partial charge on any atom is -0.375 e. The number of hydrogen-bond acceptors (Lipinski definition) is 4. The van der Waals surface area contributed by atoms with Gasteiger partial charge in [0.15, 0.2) is 0 Å². The van der Waals surface area contributed by atoms with E-state index in [-0.39, 0.29) is 12.5 Å². The number of amides is 1. The van der Waals surface area contributed by atoms with E-state index < -0.39 is 0 Å². The summed E-state index contributed by atoms with van der Waals surface area (Å²) < 4.78 is 0. The first-order valence-electron chi connectivity index (χ1n) is 6.03. The van der Waals surface area contributed by atoms with Crippen molar-refractivity contribution in [2.24, 2.45) is 0 Å². The Hall–Kier alpha value is -2.06. The topological polar surface area (TPSA) is 68.2 Å². The van der Waals surface area contributed by atoms with Crippen LogP contribution in [0.5, 0.6) is 0 Å². The predicted octanol–water partition coefficient (Wildman–Crippen LogP) is 0.402. The number of nitrogens with one attached hydrogen (secondary N) is 2. The highest BCUT2D eigenvalue weighted by atomic mass is 16.2. The van der Waals surface area contributed by atoms with Crippen LogP contribution in [0.4, 0.5) is 5.69 Å². The van der Waals surface area contributed by atoms with Gasteiger partial charge in [-0.15, -0.1) is 0 Å². The van der Waals surface area contributed by atoms with Crippen LogP contribution in [0.3, 0.4) is 0 Å². The quantitative estimate of drug-likeness (QED) is 0.807. The number of carbonyl (C=O) groups excluding carboxylic acids is 1. The van der Waals surface area contributed by atoms with E-state index in [9.17, 15) is 4.79 Å². The molecule has 0 atom stereocenters. The highest BCUT2D eigenvalue weighted by Gasteiger charge is 2.15. The molecule has 94 valence electrons. The third-order valence-corrected chi connectivity index (χ3v) is 2.95. The molecule has 2 rings (SSSR count). The number of hydrogen-bond donors (Lipinski definition) is 2. The van der Waals surface area contributed by atoms with Gasteiger partial charge in [0.2, 0.25) is 5.91 Å². The Morgan fingerprint density at radius 1 is 1.39 bits per heavy atom. The molecule has 5 heteroatoms. The maximum Gasteiger partial charge on any atom is 0.241 e. The summed E-state index contributed by atoms with van der Waals surface area (Å²) in [4.78, 5) is 13.8. The van der Waals surface area contributed by atoms with E-state index in [2.05, 4.69) is 16.7 Å². The molecule has 1 aliphatic rings. The normalized spacial score (nSPS) is 14.9. The van der Waals surface area contributed by atoms with Crippen LogP contribution < -0.4 is 10.6 Å². The third-order valence-electron chi connectivity index (χ3n) is 2.95. The van der Waals surface area contributed by atoms with Crippen LogP contribution in [-0.4, -0.2) is 43.5 Å². The molecular weight excluding hydrogens is 228 g/mol. The maximum absolute atomic E-state index is 11.9. The molecule has 0 unspecified atom stereocenters. The van der Waals surface area contributed by atoms with Gasteiger partial charge in [-0.05, 0) is 12.1 Å². The molecule has 1 aromatic rings. The van der Waals surface area contributed by atoms with Crippen LogP contribution in [0.2, 0.25) is 0 Å². The SMILES string of the molecule is N#Cc1ccccc1NCC(=O)N1CCNCC1. The monoisotopic (exact) mass is 244 g/mol. The van der Waals surface area contributed by atoms with Crippen molar-refractivity contribution in [2.75, 3.05) is 38.0 Å². The number of carbonyl (C=O) groups is 1. The molecule has 0 saturated carbocycles. The Kier molecular flexibility index (Phi) is 4.15. The fraction of sp³-hybridized carbons (Fsp3) is 0.385. The van der Waals surface area contributed by atoms with Crippen molar-refractivity contribution in [3.8, 4) is 6.07 Å². The van der Waals surface area contributed by atoms with Crippen molar-refractivity contribution in [1.29, 1.82) is 5.26 Å². The average molecular weight is 244 g/mol. The minimum absolute atomic E-state index is 0.0734. The maximum atomic E-state index is 11.9. The molecule has 0 spiro atoms. The summed E-state index contributed by atoms with van der Waals surface area (Å²) in [7, 11) is 0. The zero-order valence-corrected chi connectivity index (χ0v) is 10.1. The van der Waals surface area contributed by atoms with Gasteiger partial charge in [0.25, 0.3) is 0 Å². The van der Waals surface area contributed by atoms with Crippen LogP contribution in [0.1, 0.15) is 5.56 Å². The predicted molar refractivity (Wildman–Crippen MR) is 69.1 cm³/mol. The molecule has 1 aliphatic heterocycles. The third kappa shape index (κ3) is 2.99. The molecule has 1 saturated heterocycles. The molecule has 1 aromatic carbocycles. The molecular formula is C13H16N4O. The Morgan fingerprint density at radius 2 is 2.11 bits per heavy atom. The van der Waals surface area contributed by atoms with Gasteiger partial charge in [-0.1, -0.05) is 12.1 Å². The molecule has 0 aromatic heterocycles. The van der Waals surface area contributed by atoms with Crippen molar-refractivity contribution in [1.82, 2.24) is 10.2 Å². The Labute approximate surface area is 106 Å². The smallest absolute Gasteiger partial charge is 0.241 e. The van der Waals surface area contributed by atoms with E-state index in [0.717, 1.165) is 26.2 Å². The standard InChI is InChI=1S/C13H16N4O/c14-9-11-3-1-2-4-12(11)16-10-13(18)17-7-5-15-6-8-17/h1-4,15-16H,5-8,10H2. The van der Waals surface area contributed by atoms with Gasteiger partial charge >= 0.3 is 0 Å². The Bertz CT molecular complexity index is 460. The number of benzene rings is 1. The molecule has 18 heavy (non-hydrogen) atoms. The second kappa shape index (κ2) is 6.03. The van der Waals surface area contributed by atoms with Crippen molar-refractivity contribution in [3.05, 3.63) is 29.8 Å². The number of anilines is 1. The summed E-state index contributed by atoms with van der Waals surface area (Å²) in [5, 5.41) is 15.2. The van der Waals surface area contributed by atoms with Gasteiger partial charge in [-0.2, -0.15) is 5.26 Å². The second-order valence-electron chi connectivity index (χ2n) is 4.14. The van der Waals surface area contributed by atoms with Crippen LogP contribution >= 0.6 is 0 Å². The molecule has 0 radical (unpaired) electrons. The number of nitrogens with zero attached hydrogens (tertiary/aromatic N) is 2. The summed E-state index contributed by atoms with van der Waals surface area (Å²) in [5.74, 6) is 0.0734. The summed E-state index contributed by atoms with van der Waals surface area (Å²) in [6.07, 6.45) is 0. The van der Waals surface area contributed by atoms with E-state index in [1.165, 1.54) is 0 Å². The van der Waals surface area contributed by atoms with Crippen LogP contribution in [-0.2, 0) is 4.79 Å². The lowest BCUT2D eigenvalue weighted by molar-refractivity contribution is -0.129. The highest BCUT2D eigenvalue weighted by molar-refractivity contribution is 5.81. The average Bonchev–Trinajstić information content (AvgIpc) is 2.46. The number of nitriles is 1. The lowest BCUT2D eigenvalue weighted by atomic mass is 10.2. The Morgan fingerprint density at radius 3 is 2.83 bits per heavy atom. The summed E-state index contributed by atoms with van der Waals surface area (Å²) in [6, 6.07) is 9.30. The fourth-order valence-corrected chi connectivity index (χ4v) is 1.93. The van der Waals surface area contributed by atoms with Crippen molar-refractivity contribution in [3.63, 3.8) is 0 Å². The first-order valence-corrected chi connectivity index (χ1v) is 6.03. The van der Waals surface area contributed by atoms with E-state index in [4.69, 9.17) is 5.26 Å². The lowest BCUT2D eigenvalue weighted by Crippen LogP contribution is -2.48. The van der Waals surface area contributed by atoms with Gasteiger partial charge in [-0.25, -0.2) is 0 Å². The van der Waals surface area contributed by atoms with Gasteiger partial charge in [0.1, 0.15) is 6.07 Å². The second-order valence-corrected chi connectivity index (χ2v) is 4.14. The van der Waals surface area contributed by atoms with Crippen molar-refractivity contribution >= 4 is 11.6 Å². The number of rotatable bonds is 3. The van der Waals surface area contributed by atoms with E-state index >= 15 is 0 Å². The number of para-hydroxylation sites is 1. The summed E-state index contributed by atoms with van der Waals surface area (Å²) in [5.41, 5.74) is 1.27. The van der Waals surface area contributed by atoms with E-state index in [1.807, 2.05) is 23.1 Å². The molecule has 1 amide bonds. The molecule has 5 nitrogen and oxygen atoms in total. The van der Waals surface area contributed by atoms with Crippen LogP contribution in [0.15, 0.2) is 24.3 Å². The van der Waals surface area contributed by atoms with E-state index in [0.29, 0.717) is 11.3 Å². The number of piperazine rings is 1. The summed E-state index contributed by atoms with van der Waals surface area (Å²) in [6.45, 7) is 3.43. The van der Waals surface area contributed by atoms with Crippen LogP contribution in [0, 0.1) is 11.3 Å². The molecule has 2 N–H and O–H groups in total. The highest BCUT2D eigenvalue weighted by Crippen LogP contribution is 2.13. The van der Waals surface area contributed by atoms with Gasteiger partial charge in [-0.3, -0.25) is 4.79 Å².